The van der Waals surface area contributed by atoms with E-state index >= 15 is 0 Å². The van der Waals surface area contributed by atoms with Crippen molar-refractivity contribution in [2.75, 3.05) is 18.4 Å². The van der Waals surface area contributed by atoms with Crippen LogP contribution in [0.25, 0.3) is 10.9 Å². The number of pyridine rings is 1. The zero-order valence-corrected chi connectivity index (χ0v) is 13.8. The molecule has 1 aromatic carbocycles. The van der Waals surface area contributed by atoms with Crippen LogP contribution in [0.2, 0.25) is 0 Å². The van der Waals surface area contributed by atoms with E-state index in [1.165, 1.54) is 10.9 Å². The van der Waals surface area contributed by atoms with E-state index in [1.54, 1.807) is 12.4 Å². The molecule has 2 heterocycles. The van der Waals surface area contributed by atoms with Gasteiger partial charge in [-0.2, -0.15) is 0 Å². The Labute approximate surface area is 141 Å². The zero-order chi connectivity index (χ0) is 16.8. The topological polar surface area (TPSA) is 69.8 Å². The molecule has 24 heavy (non-hydrogen) atoms. The quantitative estimate of drug-likeness (QED) is 0.625. The van der Waals surface area contributed by atoms with E-state index in [1.807, 2.05) is 24.4 Å². The maximum absolute atomic E-state index is 12.3. The molecule has 0 saturated heterocycles. The molecular formula is C19H22N4O. The number of carbonyl (C=O) groups excluding carboxylic acids is 1. The van der Waals surface area contributed by atoms with Crippen LogP contribution in [0.4, 0.5) is 5.69 Å². The lowest BCUT2D eigenvalue weighted by Gasteiger charge is -2.08. The number of anilines is 1. The number of hydrogen-bond donors (Lipinski definition) is 3. The number of H-pyrrole nitrogens is 1. The second-order valence-electron chi connectivity index (χ2n) is 5.75. The smallest absolute Gasteiger partial charge is 0.252 e. The lowest BCUT2D eigenvalue weighted by Crippen LogP contribution is -2.25. The summed E-state index contributed by atoms with van der Waals surface area (Å²) in [7, 11) is 0. The van der Waals surface area contributed by atoms with Gasteiger partial charge in [0.25, 0.3) is 5.91 Å². The van der Waals surface area contributed by atoms with Gasteiger partial charge in [-0.15, -0.1) is 0 Å². The SMILES string of the molecule is CCCNc1cncc(C(=O)NCCc2c[nH]c3ccccc23)c1. The summed E-state index contributed by atoms with van der Waals surface area (Å²) in [6.07, 6.45) is 7.15. The molecule has 0 saturated carbocycles. The molecule has 0 fully saturated rings. The van der Waals surface area contributed by atoms with Gasteiger partial charge in [-0.3, -0.25) is 9.78 Å². The lowest BCUT2D eigenvalue weighted by molar-refractivity contribution is 0.0954. The Morgan fingerprint density at radius 2 is 2.08 bits per heavy atom. The highest BCUT2D eigenvalue weighted by molar-refractivity contribution is 5.94. The van der Waals surface area contributed by atoms with Crippen molar-refractivity contribution in [3.05, 3.63) is 60.0 Å². The summed E-state index contributed by atoms with van der Waals surface area (Å²) in [6.45, 7) is 3.56. The highest BCUT2D eigenvalue weighted by Gasteiger charge is 2.08. The number of carbonyl (C=O) groups is 1. The number of nitrogens with zero attached hydrogens (tertiary/aromatic N) is 1. The van der Waals surface area contributed by atoms with Gasteiger partial charge in [-0.05, 0) is 30.5 Å². The summed E-state index contributed by atoms with van der Waals surface area (Å²) in [5.41, 5.74) is 3.79. The van der Waals surface area contributed by atoms with Gasteiger partial charge in [0.2, 0.25) is 0 Å². The summed E-state index contributed by atoms with van der Waals surface area (Å²) in [6, 6.07) is 10.0. The fourth-order valence-corrected chi connectivity index (χ4v) is 2.68. The van der Waals surface area contributed by atoms with Crippen LogP contribution >= 0.6 is 0 Å². The molecule has 124 valence electrons. The number of benzene rings is 1. The highest BCUT2D eigenvalue weighted by atomic mass is 16.1. The second-order valence-corrected chi connectivity index (χ2v) is 5.75. The van der Waals surface area contributed by atoms with Crippen molar-refractivity contribution in [3.63, 3.8) is 0 Å². The fraction of sp³-hybridized carbons (Fsp3) is 0.263. The van der Waals surface area contributed by atoms with Crippen LogP contribution in [-0.2, 0) is 6.42 Å². The monoisotopic (exact) mass is 322 g/mol. The molecule has 3 N–H and O–H groups in total. The number of para-hydroxylation sites is 1. The lowest BCUT2D eigenvalue weighted by atomic mass is 10.1. The molecule has 5 heteroatoms. The summed E-state index contributed by atoms with van der Waals surface area (Å²) in [4.78, 5) is 19.7. The molecular weight excluding hydrogens is 300 g/mol. The first kappa shape index (κ1) is 16.1. The largest absolute Gasteiger partial charge is 0.384 e. The van der Waals surface area contributed by atoms with Crippen molar-refractivity contribution in [1.29, 1.82) is 0 Å². The number of nitrogens with one attached hydrogen (secondary N) is 3. The highest BCUT2D eigenvalue weighted by Crippen LogP contribution is 2.17. The molecule has 5 nitrogen and oxygen atoms in total. The van der Waals surface area contributed by atoms with Gasteiger partial charge in [0.05, 0.1) is 11.3 Å². The number of amides is 1. The molecule has 2 aromatic heterocycles. The van der Waals surface area contributed by atoms with Crippen molar-refractivity contribution >= 4 is 22.5 Å². The van der Waals surface area contributed by atoms with Gasteiger partial charge >= 0.3 is 0 Å². The van der Waals surface area contributed by atoms with E-state index in [9.17, 15) is 4.79 Å². The van der Waals surface area contributed by atoms with E-state index in [-0.39, 0.29) is 5.91 Å². The fourth-order valence-electron chi connectivity index (χ4n) is 2.68. The maximum Gasteiger partial charge on any atom is 0.252 e. The van der Waals surface area contributed by atoms with Gasteiger partial charge in [0, 0.05) is 42.6 Å². The van der Waals surface area contributed by atoms with Crippen molar-refractivity contribution < 1.29 is 4.79 Å². The molecule has 0 atom stereocenters. The number of rotatable bonds is 7. The molecule has 0 bridgehead atoms. The van der Waals surface area contributed by atoms with Gasteiger partial charge < -0.3 is 15.6 Å². The Hall–Kier alpha value is -2.82. The van der Waals surface area contributed by atoms with Gasteiger partial charge in [-0.25, -0.2) is 0 Å². The summed E-state index contributed by atoms with van der Waals surface area (Å²) >= 11 is 0. The molecule has 0 radical (unpaired) electrons. The van der Waals surface area contributed by atoms with Crippen molar-refractivity contribution in [2.24, 2.45) is 0 Å². The van der Waals surface area contributed by atoms with Crippen LogP contribution in [-0.4, -0.2) is 29.0 Å². The van der Waals surface area contributed by atoms with E-state index in [0.717, 1.165) is 30.6 Å². The Morgan fingerprint density at radius 1 is 1.21 bits per heavy atom. The van der Waals surface area contributed by atoms with E-state index < -0.39 is 0 Å². The van der Waals surface area contributed by atoms with Crippen LogP contribution in [0.5, 0.6) is 0 Å². The van der Waals surface area contributed by atoms with Crippen molar-refractivity contribution in [1.82, 2.24) is 15.3 Å². The second kappa shape index (κ2) is 7.64. The van der Waals surface area contributed by atoms with Crippen molar-refractivity contribution in [3.8, 4) is 0 Å². The normalized spacial score (nSPS) is 10.7. The van der Waals surface area contributed by atoms with E-state index in [2.05, 4.69) is 39.7 Å². The number of hydrogen-bond acceptors (Lipinski definition) is 3. The average Bonchev–Trinajstić information content (AvgIpc) is 3.03. The minimum Gasteiger partial charge on any atom is -0.384 e. The zero-order valence-electron chi connectivity index (χ0n) is 13.8. The molecule has 1 amide bonds. The van der Waals surface area contributed by atoms with Crippen LogP contribution in [0.1, 0.15) is 29.3 Å². The predicted molar refractivity (Wildman–Crippen MR) is 97.4 cm³/mol. The van der Waals surface area contributed by atoms with Crippen molar-refractivity contribution in [2.45, 2.75) is 19.8 Å². The Kier molecular flexibility index (Phi) is 5.11. The molecule has 0 spiro atoms. The number of fused-ring (bicyclic) bond motifs is 1. The third-order valence-electron chi connectivity index (χ3n) is 3.93. The third-order valence-corrected chi connectivity index (χ3v) is 3.93. The van der Waals surface area contributed by atoms with Crippen LogP contribution in [0.3, 0.4) is 0 Å². The van der Waals surface area contributed by atoms with Crippen LogP contribution < -0.4 is 10.6 Å². The Balaban J connectivity index is 1.57. The standard InChI is InChI=1S/C19H22N4O/c1-2-8-21-16-10-15(11-20-13-16)19(24)22-9-7-14-12-23-18-6-4-3-5-17(14)18/h3-6,10-13,21,23H,2,7-9H2,1H3,(H,22,24). The summed E-state index contributed by atoms with van der Waals surface area (Å²) in [5, 5.41) is 7.41. The third kappa shape index (κ3) is 3.74. The first-order valence-electron chi connectivity index (χ1n) is 8.30. The summed E-state index contributed by atoms with van der Waals surface area (Å²) < 4.78 is 0. The first-order valence-corrected chi connectivity index (χ1v) is 8.30. The van der Waals surface area contributed by atoms with E-state index in [4.69, 9.17) is 0 Å². The molecule has 3 aromatic rings. The number of aromatic amines is 1. The minimum atomic E-state index is -0.0949. The number of aromatic nitrogens is 2. The van der Waals surface area contributed by atoms with Crippen LogP contribution in [0.15, 0.2) is 48.9 Å². The van der Waals surface area contributed by atoms with Gasteiger partial charge in [-0.1, -0.05) is 25.1 Å². The van der Waals surface area contributed by atoms with Gasteiger partial charge in [0.15, 0.2) is 0 Å². The molecule has 0 aliphatic carbocycles. The van der Waals surface area contributed by atoms with Gasteiger partial charge in [0.1, 0.15) is 0 Å². The van der Waals surface area contributed by atoms with E-state index in [0.29, 0.717) is 12.1 Å². The summed E-state index contributed by atoms with van der Waals surface area (Å²) in [5.74, 6) is -0.0949. The maximum atomic E-state index is 12.3. The Morgan fingerprint density at radius 3 is 2.96 bits per heavy atom. The predicted octanol–water partition coefficient (Wildman–Crippen LogP) is 3.36. The molecule has 3 rings (SSSR count). The minimum absolute atomic E-state index is 0.0949. The molecule has 0 aliphatic heterocycles. The van der Waals surface area contributed by atoms with Crippen LogP contribution in [0, 0.1) is 0 Å². The first-order chi connectivity index (χ1) is 11.8. The molecule has 0 unspecified atom stereocenters. The average molecular weight is 322 g/mol. The molecule has 0 aliphatic rings. The Bertz CT molecular complexity index is 825.